The van der Waals surface area contributed by atoms with Gasteiger partial charge in [-0.1, -0.05) is 52.4 Å². The van der Waals surface area contributed by atoms with Gasteiger partial charge in [-0.15, -0.1) is 10.2 Å². The summed E-state index contributed by atoms with van der Waals surface area (Å²) in [6, 6.07) is 14.9. The summed E-state index contributed by atoms with van der Waals surface area (Å²) in [7, 11) is 0. The van der Waals surface area contributed by atoms with Crippen molar-refractivity contribution in [3.63, 3.8) is 0 Å². The number of hydrogen-bond acceptors (Lipinski definition) is 6. The SMILES string of the molecule is Cc1ccc(Nc2nnc(SCC(=O)c3ccc(Cl)cc3)s2)cc1. The molecular weight excluding hydrogens is 362 g/mol. The summed E-state index contributed by atoms with van der Waals surface area (Å²) in [4.78, 5) is 12.1. The Bertz CT molecular complexity index is 832. The molecule has 0 saturated carbocycles. The van der Waals surface area contributed by atoms with Gasteiger partial charge in [-0.2, -0.15) is 0 Å². The molecule has 1 aromatic heterocycles. The number of nitrogens with zero attached hydrogens (tertiary/aromatic N) is 2. The number of Topliss-reactive ketones (excluding diaryl/α,β-unsaturated/α-hetero) is 1. The van der Waals surface area contributed by atoms with Crippen LogP contribution in [0.15, 0.2) is 52.9 Å². The number of carbonyl (C=O) groups is 1. The third kappa shape index (κ3) is 4.56. The average Bonchev–Trinajstić information content (AvgIpc) is 3.03. The van der Waals surface area contributed by atoms with Crippen LogP contribution in [0.5, 0.6) is 0 Å². The zero-order chi connectivity index (χ0) is 16.9. The van der Waals surface area contributed by atoms with Gasteiger partial charge in [0.15, 0.2) is 10.1 Å². The summed E-state index contributed by atoms with van der Waals surface area (Å²) < 4.78 is 0.756. The van der Waals surface area contributed by atoms with Crippen LogP contribution in [0.2, 0.25) is 5.02 Å². The van der Waals surface area contributed by atoms with E-state index in [1.807, 2.05) is 31.2 Å². The van der Waals surface area contributed by atoms with E-state index in [9.17, 15) is 4.79 Å². The Morgan fingerprint density at radius 3 is 2.54 bits per heavy atom. The number of rotatable bonds is 6. The Morgan fingerprint density at radius 1 is 1.12 bits per heavy atom. The molecule has 4 nitrogen and oxygen atoms in total. The molecule has 122 valence electrons. The van der Waals surface area contributed by atoms with Crippen LogP contribution >= 0.6 is 34.7 Å². The van der Waals surface area contributed by atoms with Gasteiger partial charge in [-0.05, 0) is 43.3 Å². The number of carbonyl (C=O) groups excluding carboxylic acids is 1. The zero-order valence-corrected chi connectivity index (χ0v) is 15.2. The van der Waals surface area contributed by atoms with Gasteiger partial charge in [0.25, 0.3) is 0 Å². The summed E-state index contributed by atoms with van der Waals surface area (Å²) in [6.07, 6.45) is 0. The van der Waals surface area contributed by atoms with Gasteiger partial charge in [-0.3, -0.25) is 4.79 Å². The molecule has 2 aromatic carbocycles. The second-order valence-corrected chi connectivity index (χ2v) is 7.72. The molecule has 3 rings (SSSR count). The molecule has 7 heteroatoms. The highest BCUT2D eigenvalue weighted by Gasteiger charge is 2.10. The number of hydrogen-bond donors (Lipinski definition) is 1. The van der Waals surface area contributed by atoms with Crippen LogP contribution in [0.25, 0.3) is 0 Å². The predicted octanol–water partition coefficient (Wildman–Crippen LogP) is 5.22. The Hall–Kier alpha value is -1.89. The van der Waals surface area contributed by atoms with Gasteiger partial charge in [0.1, 0.15) is 0 Å². The molecular formula is C17H14ClN3OS2. The van der Waals surface area contributed by atoms with E-state index in [0.717, 1.165) is 10.0 Å². The Morgan fingerprint density at radius 2 is 1.83 bits per heavy atom. The fourth-order valence-electron chi connectivity index (χ4n) is 1.93. The van der Waals surface area contributed by atoms with E-state index >= 15 is 0 Å². The molecule has 0 spiro atoms. The topological polar surface area (TPSA) is 54.9 Å². The first-order valence-electron chi connectivity index (χ1n) is 7.19. The summed E-state index contributed by atoms with van der Waals surface area (Å²) >= 11 is 8.64. The van der Waals surface area contributed by atoms with E-state index in [1.165, 1.54) is 28.7 Å². The smallest absolute Gasteiger partial charge is 0.210 e. The highest BCUT2D eigenvalue weighted by molar-refractivity contribution is 8.01. The molecule has 0 aliphatic carbocycles. The number of halogens is 1. The van der Waals surface area contributed by atoms with Crippen molar-refractivity contribution in [1.82, 2.24) is 10.2 Å². The van der Waals surface area contributed by atoms with Crippen LogP contribution in [0.3, 0.4) is 0 Å². The molecule has 0 bridgehead atoms. The largest absolute Gasteiger partial charge is 0.330 e. The third-order valence-electron chi connectivity index (χ3n) is 3.20. The van der Waals surface area contributed by atoms with Crippen molar-refractivity contribution in [2.45, 2.75) is 11.3 Å². The first-order valence-corrected chi connectivity index (χ1v) is 9.37. The normalized spacial score (nSPS) is 10.6. The fraction of sp³-hybridized carbons (Fsp3) is 0.118. The van der Waals surface area contributed by atoms with Crippen molar-refractivity contribution in [3.8, 4) is 0 Å². The minimum absolute atomic E-state index is 0.0416. The molecule has 0 aliphatic rings. The van der Waals surface area contributed by atoms with E-state index in [-0.39, 0.29) is 5.78 Å². The monoisotopic (exact) mass is 375 g/mol. The van der Waals surface area contributed by atoms with E-state index in [2.05, 4.69) is 15.5 Å². The van der Waals surface area contributed by atoms with Gasteiger partial charge in [0, 0.05) is 16.3 Å². The quantitative estimate of drug-likeness (QED) is 0.473. The summed E-state index contributed by atoms with van der Waals surface area (Å²) in [5.41, 5.74) is 2.81. The first-order chi connectivity index (χ1) is 11.6. The summed E-state index contributed by atoms with van der Waals surface area (Å²) in [5, 5.41) is 12.7. The maximum Gasteiger partial charge on any atom is 0.210 e. The van der Waals surface area contributed by atoms with Gasteiger partial charge in [-0.25, -0.2) is 0 Å². The molecule has 24 heavy (non-hydrogen) atoms. The lowest BCUT2D eigenvalue weighted by atomic mass is 10.1. The molecule has 0 saturated heterocycles. The summed E-state index contributed by atoms with van der Waals surface area (Å²) in [6.45, 7) is 2.04. The molecule has 0 radical (unpaired) electrons. The van der Waals surface area contributed by atoms with Crippen molar-refractivity contribution in [1.29, 1.82) is 0 Å². The predicted molar refractivity (Wildman–Crippen MR) is 101 cm³/mol. The molecule has 1 N–H and O–H groups in total. The Balaban J connectivity index is 1.56. The van der Waals surface area contributed by atoms with Crippen molar-refractivity contribution >= 4 is 51.3 Å². The first kappa shape index (κ1) is 17.0. The van der Waals surface area contributed by atoms with E-state index in [4.69, 9.17) is 11.6 Å². The van der Waals surface area contributed by atoms with E-state index < -0.39 is 0 Å². The van der Waals surface area contributed by atoms with Crippen LogP contribution in [0.1, 0.15) is 15.9 Å². The highest BCUT2D eigenvalue weighted by Crippen LogP contribution is 2.28. The molecule has 1 heterocycles. The number of benzene rings is 2. The van der Waals surface area contributed by atoms with E-state index in [1.54, 1.807) is 24.3 Å². The average molecular weight is 376 g/mol. The standard InChI is InChI=1S/C17H14ClN3OS2/c1-11-2-8-14(9-3-11)19-16-20-21-17(24-16)23-10-15(22)12-4-6-13(18)7-5-12/h2-9H,10H2,1H3,(H,19,20). The van der Waals surface area contributed by atoms with Crippen molar-refractivity contribution in [3.05, 3.63) is 64.7 Å². The fourth-order valence-corrected chi connectivity index (χ4v) is 3.72. The Kier molecular flexibility index (Phi) is 5.50. The lowest BCUT2D eigenvalue weighted by molar-refractivity contribution is 0.102. The Labute approximate surface area is 153 Å². The zero-order valence-electron chi connectivity index (χ0n) is 12.8. The minimum Gasteiger partial charge on any atom is -0.330 e. The van der Waals surface area contributed by atoms with Gasteiger partial charge in [0.2, 0.25) is 5.13 Å². The lowest BCUT2D eigenvalue weighted by Gasteiger charge is -2.01. The van der Waals surface area contributed by atoms with Crippen molar-refractivity contribution < 1.29 is 4.79 Å². The molecule has 0 unspecified atom stereocenters. The van der Waals surface area contributed by atoms with Gasteiger partial charge in [0.05, 0.1) is 5.75 Å². The number of anilines is 2. The second-order valence-electron chi connectivity index (χ2n) is 5.08. The number of aromatic nitrogens is 2. The van der Waals surface area contributed by atoms with Gasteiger partial charge >= 0.3 is 0 Å². The number of ketones is 1. The maximum atomic E-state index is 12.1. The number of thioether (sulfide) groups is 1. The molecule has 0 atom stereocenters. The minimum atomic E-state index is 0.0416. The van der Waals surface area contributed by atoms with E-state index in [0.29, 0.717) is 21.5 Å². The van der Waals surface area contributed by atoms with Crippen LogP contribution in [0.4, 0.5) is 10.8 Å². The molecule has 3 aromatic rings. The van der Waals surface area contributed by atoms with Crippen LogP contribution in [0, 0.1) is 6.92 Å². The van der Waals surface area contributed by atoms with Crippen molar-refractivity contribution in [2.24, 2.45) is 0 Å². The molecule has 0 amide bonds. The van der Waals surface area contributed by atoms with Crippen molar-refractivity contribution in [2.75, 3.05) is 11.1 Å². The van der Waals surface area contributed by atoms with Crippen LogP contribution in [-0.2, 0) is 0 Å². The third-order valence-corrected chi connectivity index (χ3v) is 5.43. The molecule has 0 aliphatic heterocycles. The summed E-state index contributed by atoms with van der Waals surface area (Å²) in [5.74, 6) is 0.362. The number of nitrogens with one attached hydrogen (secondary N) is 1. The van der Waals surface area contributed by atoms with Gasteiger partial charge < -0.3 is 5.32 Å². The number of aryl methyl sites for hydroxylation is 1. The van der Waals surface area contributed by atoms with Crippen LogP contribution < -0.4 is 5.32 Å². The maximum absolute atomic E-state index is 12.1. The highest BCUT2D eigenvalue weighted by atomic mass is 35.5. The molecule has 0 fully saturated rings. The second kappa shape index (κ2) is 7.79. The lowest BCUT2D eigenvalue weighted by Crippen LogP contribution is -2.01. The van der Waals surface area contributed by atoms with Crippen LogP contribution in [-0.4, -0.2) is 21.7 Å².